The Labute approximate surface area is 163 Å². The summed E-state index contributed by atoms with van der Waals surface area (Å²) < 4.78 is 7.19. The highest BCUT2D eigenvalue weighted by atomic mass is 16.3. The average molecular weight is 380 g/mol. The summed E-state index contributed by atoms with van der Waals surface area (Å²) in [5.41, 5.74) is 1.32. The van der Waals surface area contributed by atoms with Crippen molar-refractivity contribution in [2.24, 2.45) is 5.92 Å². The Morgan fingerprint density at radius 2 is 1.75 bits per heavy atom. The second-order valence-corrected chi connectivity index (χ2v) is 7.49. The highest BCUT2D eigenvalue weighted by Crippen LogP contribution is 2.19. The van der Waals surface area contributed by atoms with E-state index in [2.05, 4.69) is 18.8 Å². The third-order valence-electron chi connectivity index (χ3n) is 5.00. The SMILES string of the molecule is CC(C)Cc1nc(C(=O)N2CCN(C(=O)c3ccco3)CC2)c2ccccn12. The molecule has 0 bridgehead atoms. The number of pyridine rings is 1. The number of fused-ring (bicyclic) bond motifs is 1. The third kappa shape index (κ3) is 3.40. The maximum Gasteiger partial charge on any atom is 0.289 e. The number of carbonyl (C=O) groups excluding carboxylic acids is 2. The topological polar surface area (TPSA) is 71.1 Å². The minimum Gasteiger partial charge on any atom is -0.459 e. The molecule has 0 atom stereocenters. The maximum atomic E-state index is 13.1. The molecule has 1 saturated heterocycles. The van der Waals surface area contributed by atoms with Crippen molar-refractivity contribution in [3.63, 3.8) is 0 Å². The van der Waals surface area contributed by atoms with E-state index < -0.39 is 0 Å². The van der Waals surface area contributed by atoms with E-state index in [-0.39, 0.29) is 11.8 Å². The Balaban J connectivity index is 1.51. The van der Waals surface area contributed by atoms with E-state index >= 15 is 0 Å². The van der Waals surface area contributed by atoms with Crippen LogP contribution in [0.15, 0.2) is 47.2 Å². The quantitative estimate of drug-likeness (QED) is 0.698. The standard InChI is InChI=1S/C21H24N4O3/c1-15(2)14-18-22-19(16-6-3-4-8-25(16)18)21(27)24-11-9-23(10-12-24)20(26)17-7-5-13-28-17/h3-8,13,15H,9-12,14H2,1-2H3. The Kier molecular flexibility index (Phi) is 4.90. The van der Waals surface area contributed by atoms with Crippen LogP contribution in [0.5, 0.6) is 0 Å². The lowest BCUT2D eigenvalue weighted by molar-refractivity contribution is 0.0516. The number of hydrogen-bond donors (Lipinski definition) is 0. The largest absolute Gasteiger partial charge is 0.459 e. The third-order valence-corrected chi connectivity index (χ3v) is 5.00. The van der Waals surface area contributed by atoms with Crippen LogP contribution in [0.4, 0.5) is 0 Å². The summed E-state index contributed by atoms with van der Waals surface area (Å²) in [6, 6.07) is 9.17. The Morgan fingerprint density at radius 1 is 1.04 bits per heavy atom. The molecular weight excluding hydrogens is 356 g/mol. The molecule has 1 aliphatic heterocycles. The van der Waals surface area contributed by atoms with Gasteiger partial charge in [-0.25, -0.2) is 4.98 Å². The van der Waals surface area contributed by atoms with Crippen LogP contribution in [0.2, 0.25) is 0 Å². The first-order valence-electron chi connectivity index (χ1n) is 9.62. The van der Waals surface area contributed by atoms with Crippen LogP contribution < -0.4 is 0 Å². The molecule has 0 unspecified atom stereocenters. The van der Waals surface area contributed by atoms with Gasteiger partial charge in [0.05, 0.1) is 11.8 Å². The Bertz CT molecular complexity index is 982. The van der Waals surface area contributed by atoms with Gasteiger partial charge >= 0.3 is 0 Å². The van der Waals surface area contributed by atoms with E-state index in [1.165, 1.54) is 6.26 Å². The zero-order valence-electron chi connectivity index (χ0n) is 16.2. The highest BCUT2D eigenvalue weighted by Gasteiger charge is 2.29. The van der Waals surface area contributed by atoms with Gasteiger partial charge in [-0.15, -0.1) is 0 Å². The van der Waals surface area contributed by atoms with Crippen LogP contribution in [-0.4, -0.2) is 57.2 Å². The summed E-state index contributed by atoms with van der Waals surface area (Å²) in [7, 11) is 0. The molecule has 0 radical (unpaired) electrons. The molecule has 0 N–H and O–H groups in total. The molecular formula is C21H24N4O3. The number of piperazine rings is 1. The lowest BCUT2D eigenvalue weighted by Crippen LogP contribution is -2.50. The van der Waals surface area contributed by atoms with Crippen molar-refractivity contribution in [1.29, 1.82) is 0 Å². The molecule has 3 aromatic heterocycles. The number of carbonyl (C=O) groups is 2. The predicted molar refractivity (Wildman–Crippen MR) is 104 cm³/mol. The zero-order chi connectivity index (χ0) is 19.7. The summed E-state index contributed by atoms with van der Waals surface area (Å²) >= 11 is 0. The number of nitrogens with zero attached hydrogens (tertiary/aromatic N) is 4. The monoisotopic (exact) mass is 380 g/mol. The van der Waals surface area contributed by atoms with Gasteiger partial charge in [-0.1, -0.05) is 19.9 Å². The number of imidazole rings is 1. The van der Waals surface area contributed by atoms with E-state index in [1.807, 2.05) is 28.8 Å². The van der Waals surface area contributed by atoms with Gasteiger partial charge in [0.2, 0.25) is 0 Å². The molecule has 3 aromatic rings. The predicted octanol–water partition coefficient (Wildman–Crippen LogP) is 2.72. The fourth-order valence-electron chi connectivity index (χ4n) is 3.59. The van der Waals surface area contributed by atoms with Gasteiger partial charge in [0.15, 0.2) is 11.5 Å². The molecule has 4 heterocycles. The fourth-order valence-corrected chi connectivity index (χ4v) is 3.59. The van der Waals surface area contributed by atoms with Crippen LogP contribution >= 0.6 is 0 Å². The van der Waals surface area contributed by atoms with Gasteiger partial charge in [-0.05, 0) is 30.2 Å². The van der Waals surface area contributed by atoms with E-state index in [0.29, 0.717) is 43.6 Å². The van der Waals surface area contributed by atoms with Crippen molar-refractivity contribution < 1.29 is 14.0 Å². The van der Waals surface area contributed by atoms with Crippen molar-refractivity contribution in [2.75, 3.05) is 26.2 Å². The van der Waals surface area contributed by atoms with E-state index in [0.717, 1.165) is 17.8 Å². The summed E-state index contributed by atoms with van der Waals surface area (Å²) in [5.74, 6) is 1.47. The van der Waals surface area contributed by atoms with Gasteiger partial charge in [-0.2, -0.15) is 0 Å². The number of amides is 2. The summed E-state index contributed by atoms with van der Waals surface area (Å²) in [6.07, 6.45) is 4.26. The number of rotatable bonds is 4. The van der Waals surface area contributed by atoms with Crippen molar-refractivity contribution >= 4 is 17.3 Å². The molecule has 7 heteroatoms. The average Bonchev–Trinajstić information content (AvgIpc) is 3.36. The van der Waals surface area contributed by atoms with Crippen LogP contribution in [0.1, 0.15) is 40.7 Å². The van der Waals surface area contributed by atoms with Gasteiger partial charge in [0.25, 0.3) is 11.8 Å². The lowest BCUT2D eigenvalue weighted by atomic mass is 10.1. The smallest absolute Gasteiger partial charge is 0.289 e. The second-order valence-electron chi connectivity index (χ2n) is 7.49. The van der Waals surface area contributed by atoms with E-state index in [9.17, 15) is 9.59 Å². The van der Waals surface area contributed by atoms with Gasteiger partial charge < -0.3 is 18.6 Å². The first kappa shape index (κ1) is 18.3. The Morgan fingerprint density at radius 3 is 2.39 bits per heavy atom. The molecule has 0 aromatic carbocycles. The highest BCUT2D eigenvalue weighted by molar-refractivity contribution is 5.99. The summed E-state index contributed by atoms with van der Waals surface area (Å²) in [4.78, 5) is 33.7. The fraction of sp³-hybridized carbons (Fsp3) is 0.381. The normalized spacial score (nSPS) is 14.8. The molecule has 0 aliphatic carbocycles. The van der Waals surface area contributed by atoms with Crippen molar-refractivity contribution in [1.82, 2.24) is 19.2 Å². The molecule has 1 fully saturated rings. The van der Waals surface area contributed by atoms with Crippen LogP contribution in [0.25, 0.3) is 5.52 Å². The lowest BCUT2D eigenvalue weighted by Gasteiger charge is -2.34. The maximum absolute atomic E-state index is 13.1. The Hall–Kier alpha value is -3.09. The van der Waals surface area contributed by atoms with E-state index in [4.69, 9.17) is 4.42 Å². The van der Waals surface area contributed by atoms with Gasteiger partial charge in [0.1, 0.15) is 5.82 Å². The van der Waals surface area contributed by atoms with Crippen LogP contribution in [0, 0.1) is 5.92 Å². The van der Waals surface area contributed by atoms with Gasteiger partial charge in [0, 0.05) is 38.8 Å². The van der Waals surface area contributed by atoms with Gasteiger partial charge in [-0.3, -0.25) is 9.59 Å². The molecule has 2 amide bonds. The summed E-state index contributed by atoms with van der Waals surface area (Å²) in [5, 5.41) is 0. The summed E-state index contributed by atoms with van der Waals surface area (Å²) in [6.45, 7) is 6.21. The van der Waals surface area contributed by atoms with Crippen LogP contribution in [0.3, 0.4) is 0 Å². The van der Waals surface area contributed by atoms with Crippen molar-refractivity contribution in [2.45, 2.75) is 20.3 Å². The molecule has 146 valence electrons. The van der Waals surface area contributed by atoms with Crippen molar-refractivity contribution in [3.05, 3.63) is 60.1 Å². The second kappa shape index (κ2) is 7.50. The van der Waals surface area contributed by atoms with Crippen LogP contribution in [-0.2, 0) is 6.42 Å². The molecule has 0 spiro atoms. The number of furan rings is 1. The number of hydrogen-bond acceptors (Lipinski definition) is 4. The molecule has 28 heavy (non-hydrogen) atoms. The molecule has 7 nitrogen and oxygen atoms in total. The minimum atomic E-state index is -0.135. The first-order chi connectivity index (χ1) is 13.5. The molecule has 0 saturated carbocycles. The minimum absolute atomic E-state index is 0.0798. The molecule has 4 rings (SSSR count). The first-order valence-corrected chi connectivity index (χ1v) is 9.62. The number of aromatic nitrogens is 2. The zero-order valence-corrected chi connectivity index (χ0v) is 16.2. The molecule has 1 aliphatic rings. The van der Waals surface area contributed by atoms with E-state index in [1.54, 1.807) is 21.9 Å². The van der Waals surface area contributed by atoms with Crippen molar-refractivity contribution in [3.8, 4) is 0 Å².